The van der Waals surface area contributed by atoms with Crippen LogP contribution in [0.1, 0.15) is 31.4 Å². The minimum atomic E-state index is -4.63. The molecule has 0 fully saturated rings. The molecule has 0 saturated carbocycles. The molecule has 0 aliphatic carbocycles. The fourth-order valence-corrected chi connectivity index (χ4v) is 3.35. The van der Waals surface area contributed by atoms with Crippen LogP contribution in [0.25, 0.3) is 0 Å². The Balaban J connectivity index is 1.98. The smallest absolute Gasteiger partial charge is 0.416 e. The second-order valence-corrected chi connectivity index (χ2v) is 8.79. The number of benzene rings is 2. The highest BCUT2D eigenvalue weighted by molar-refractivity contribution is 5.72. The fraction of sp³-hybridized carbons (Fsp3) is 0.481. The first-order valence-electron chi connectivity index (χ1n) is 12.4. The quantitative estimate of drug-likeness (QED) is 0.203. The van der Waals surface area contributed by atoms with Crippen molar-refractivity contribution in [3.63, 3.8) is 0 Å². The van der Waals surface area contributed by atoms with Gasteiger partial charge in [0.05, 0.1) is 25.3 Å². The van der Waals surface area contributed by atoms with Crippen LogP contribution in [0.5, 0.6) is 11.5 Å². The largest absolute Gasteiger partial charge is 0.492 e. The summed E-state index contributed by atoms with van der Waals surface area (Å²) in [5.74, 6) is -3.89. The molecule has 1 amide bonds. The van der Waals surface area contributed by atoms with Crippen LogP contribution < -0.4 is 9.47 Å². The number of aliphatic carboxylic acids is 1. The van der Waals surface area contributed by atoms with Crippen molar-refractivity contribution < 1.29 is 55.6 Å². The summed E-state index contributed by atoms with van der Waals surface area (Å²) >= 11 is 0. The molecule has 8 nitrogen and oxygen atoms in total. The molecule has 0 aliphatic rings. The number of alkyl halides is 5. The minimum absolute atomic E-state index is 0.0409. The molecule has 0 bridgehead atoms. The molecule has 222 valence electrons. The molecular weight excluding hydrogens is 545 g/mol. The van der Waals surface area contributed by atoms with E-state index in [0.717, 1.165) is 24.0 Å². The van der Waals surface area contributed by atoms with Crippen molar-refractivity contribution in [1.29, 1.82) is 0 Å². The van der Waals surface area contributed by atoms with Crippen LogP contribution in [0.4, 0.5) is 26.7 Å². The molecule has 0 radical (unpaired) electrons. The van der Waals surface area contributed by atoms with E-state index in [2.05, 4.69) is 0 Å². The summed E-state index contributed by atoms with van der Waals surface area (Å²) in [4.78, 5) is 25.1. The summed E-state index contributed by atoms with van der Waals surface area (Å²) in [5.41, 5.74) is -0.287. The Morgan fingerprint density at radius 2 is 1.62 bits per heavy atom. The summed E-state index contributed by atoms with van der Waals surface area (Å²) in [5, 5.41) is 9.22. The monoisotopic (exact) mass is 577 g/mol. The Morgan fingerprint density at radius 3 is 2.23 bits per heavy atom. The van der Waals surface area contributed by atoms with E-state index in [4.69, 9.17) is 18.9 Å². The number of rotatable bonds is 16. The van der Waals surface area contributed by atoms with E-state index >= 15 is 0 Å². The van der Waals surface area contributed by atoms with Crippen LogP contribution in [0.2, 0.25) is 0 Å². The van der Waals surface area contributed by atoms with Gasteiger partial charge in [0.1, 0.15) is 18.1 Å². The predicted molar refractivity (Wildman–Crippen MR) is 134 cm³/mol. The number of carbonyl (C=O) groups excluding carboxylic acids is 1. The average Bonchev–Trinajstić information content (AvgIpc) is 2.87. The van der Waals surface area contributed by atoms with Gasteiger partial charge in [0.2, 0.25) is 5.92 Å². The molecule has 1 atom stereocenters. The number of halogens is 5. The minimum Gasteiger partial charge on any atom is -0.492 e. The van der Waals surface area contributed by atoms with E-state index in [1.165, 1.54) is 6.07 Å². The van der Waals surface area contributed by atoms with Gasteiger partial charge in [-0.15, -0.1) is 0 Å². The zero-order valence-electron chi connectivity index (χ0n) is 22.1. The number of carboxylic acids is 1. The maximum atomic E-state index is 13.0. The number of hydrogen-bond donors (Lipinski definition) is 1. The van der Waals surface area contributed by atoms with E-state index in [-0.39, 0.29) is 51.7 Å². The summed E-state index contributed by atoms with van der Waals surface area (Å²) in [6.07, 6.45) is -6.95. The summed E-state index contributed by atoms with van der Waals surface area (Å²) in [7, 11) is 0. The number of nitrogens with zero attached hydrogens (tertiary/aromatic N) is 1. The molecule has 1 unspecified atom stereocenters. The van der Waals surface area contributed by atoms with Gasteiger partial charge in [-0.1, -0.05) is 18.2 Å². The lowest BCUT2D eigenvalue weighted by Crippen LogP contribution is -2.39. The number of amides is 1. The van der Waals surface area contributed by atoms with Gasteiger partial charge in [-0.25, -0.2) is 18.4 Å². The summed E-state index contributed by atoms with van der Waals surface area (Å²) < 4.78 is 86.1. The van der Waals surface area contributed by atoms with Gasteiger partial charge < -0.3 is 29.0 Å². The highest BCUT2D eigenvalue weighted by atomic mass is 19.4. The first-order valence-corrected chi connectivity index (χ1v) is 12.4. The molecule has 0 spiro atoms. The van der Waals surface area contributed by atoms with Gasteiger partial charge in [0.15, 0.2) is 6.10 Å². The molecule has 0 saturated heterocycles. The van der Waals surface area contributed by atoms with Crippen molar-refractivity contribution in [2.75, 3.05) is 39.5 Å². The molecule has 0 aromatic heterocycles. The van der Waals surface area contributed by atoms with Gasteiger partial charge >= 0.3 is 18.2 Å². The van der Waals surface area contributed by atoms with Gasteiger partial charge in [0.25, 0.3) is 0 Å². The Hall–Kier alpha value is -3.45. The second-order valence-electron chi connectivity index (χ2n) is 8.79. The van der Waals surface area contributed by atoms with E-state index in [1.54, 1.807) is 31.2 Å². The van der Waals surface area contributed by atoms with Crippen molar-refractivity contribution in [2.45, 2.75) is 44.9 Å². The Bertz CT molecular complexity index is 1070. The number of ether oxygens (including phenoxy) is 4. The number of carbonyl (C=O) groups is 2. The van der Waals surface area contributed by atoms with E-state index < -0.39 is 42.2 Å². The molecular formula is C27H32F5NO7. The van der Waals surface area contributed by atoms with E-state index in [1.807, 2.05) is 0 Å². The fourth-order valence-electron chi connectivity index (χ4n) is 3.35. The molecule has 40 heavy (non-hydrogen) atoms. The lowest BCUT2D eigenvalue weighted by atomic mass is 10.1. The topological polar surface area (TPSA) is 94.5 Å². The van der Waals surface area contributed by atoms with Crippen LogP contribution in [0.15, 0.2) is 48.5 Å². The summed E-state index contributed by atoms with van der Waals surface area (Å²) in [6, 6.07) is 10.4. The first-order chi connectivity index (χ1) is 18.8. The highest BCUT2D eigenvalue weighted by Gasteiger charge is 2.31. The third-order valence-corrected chi connectivity index (χ3v) is 5.43. The number of hydrogen-bond acceptors (Lipinski definition) is 6. The maximum Gasteiger partial charge on any atom is 0.416 e. The molecule has 0 aliphatic heterocycles. The van der Waals surface area contributed by atoms with Crippen molar-refractivity contribution in [2.24, 2.45) is 0 Å². The zero-order valence-corrected chi connectivity index (χ0v) is 22.1. The lowest BCUT2D eigenvalue weighted by Gasteiger charge is -2.22. The normalized spacial score (nSPS) is 12.6. The van der Waals surface area contributed by atoms with Gasteiger partial charge in [-0.3, -0.25) is 0 Å². The van der Waals surface area contributed by atoms with Gasteiger partial charge in [-0.2, -0.15) is 13.2 Å². The van der Waals surface area contributed by atoms with Crippen molar-refractivity contribution in [1.82, 2.24) is 4.90 Å². The van der Waals surface area contributed by atoms with E-state index in [0.29, 0.717) is 17.4 Å². The second kappa shape index (κ2) is 15.4. The van der Waals surface area contributed by atoms with Crippen LogP contribution in [0, 0.1) is 0 Å². The van der Waals surface area contributed by atoms with Crippen molar-refractivity contribution >= 4 is 12.1 Å². The Morgan fingerprint density at radius 1 is 0.950 bits per heavy atom. The summed E-state index contributed by atoms with van der Waals surface area (Å²) in [6.45, 7) is 2.13. The Kier molecular flexibility index (Phi) is 12.6. The molecule has 0 heterocycles. The van der Waals surface area contributed by atoms with Crippen molar-refractivity contribution in [3.05, 3.63) is 59.7 Å². The lowest BCUT2D eigenvalue weighted by molar-refractivity contribution is -0.150. The Labute approximate surface area is 228 Å². The van der Waals surface area contributed by atoms with Gasteiger partial charge in [-0.05, 0) is 49.7 Å². The molecule has 1 N–H and O–H groups in total. The third-order valence-electron chi connectivity index (χ3n) is 5.43. The predicted octanol–water partition coefficient (Wildman–Crippen LogP) is 5.68. The van der Waals surface area contributed by atoms with Crippen LogP contribution >= 0.6 is 0 Å². The first kappa shape index (κ1) is 32.8. The van der Waals surface area contributed by atoms with Gasteiger partial charge in [0, 0.05) is 26.0 Å². The van der Waals surface area contributed by atoms with Crippen molar-refractivity contribution in [3.8, 4) is 11.5 Å². The molecule has 2 aromatic carbocycles. The molecule has 2 aromatic rings. The third kappa shape index (κ3) is 12.2. The standard InChI is InChI=1S/C27H32F5NO7/c1-3-38-23(24(34)35)17-19-7-9-21(10-8-19)39-16-13-33(12-15-37-14-11-26(2,28)29)25(36)40-22-6-4-5-20(18-22)27(30,31)32/h4-10,18,23H,3,11-17H2,1-2H3,(H,34,35). The van der Waals surface area contributed by atoms with Crippen LogP contribution in [-0.2, 0) is 26.9 Å². The highest BCUT2D eigenvalue weighted by Crippen LogP contribution is 2.31. The molecule has 2 rings (SSSR count). The SMILES string of the molecule is CCOC(Cc1ccc(OCCN(CCOCCC(C)(F)F)C(=O)Oc2cccc(C(F)(F)F)c2)cc1)C(=O)O. The average molecular weight is 578 g/mol. The zero-order chi connectivity index (χ0) is 29.8. The van der Waals surface area contributed by atoms with Crippen LogP contribution in [0.3, 0.4) is 0 Å². The maximum absolute atomic E-state index is 13.0. The number of carboxylic acid groups (broad SMARTS) is 1. The molecule has 13 heteroatoms. The van der Waals surface area contributed by atoms with Crippen LogP contribution in [-0.4, -0.2) is 73.6 Å². The van der Waals surface area contributed by atoms with E-state index in [9.17, 15) is 36.6 Å².